The van der Waals surface area contributed by atoms with Crippen molar-refractivity contribution in [3.05, 3.63) is 24.4 Å². The first-order valence-electron chi connectivity index (χ1n) is 4.28. The molecule has 0 unspecified atom stereocenters. The molecule has 6 nitrogen and oxygen atoms in total. The van der Waals surface area contributed by atoms with Crippen LogP contribution in [0, 0.1) is 0 Å². The quantitative estimate of drug-likeness (QED) is 0.602. The van der Waals surface area contributed by atoms with Crippen molar-refractivity contribution in [1.29, 1.82) is 0 Å². The maximum Gasteiger partial charge on any atom is 0.243 e. The zero-order valence-electron chi connectivity index (χ0n) is 7.54. The van der Waals surface area contributed by atoms with E-state index in [0.717, 1.165) is 0 Å². The van der Waals surface area contributed by atoms with Gasteiger partial charge in [-0.3, -0.25) is 0 Å². The van der Waals surface area contributed by atoms with Gasteiger partial charge in [-0.05, 0) is 10.7 Å². The van der Waals surface area contributed by atoms with Crippen molar-refractivity contribution in [3.8, 4) is 23.1 Å². The summed E-state index contributed by atoms with van der Waals surface area (Å²) in [6.45, 7) is 0.217. The van der Waals surface area contributed by atoms with E-state index >= 15 is 0 Å². The molecule has 0 spiro atoms. The SMILES string of the molecule is [O-]c1c[n+](-c2ccc3c(c2)OCO3)no1. The number of fused-ring (bicyclic) bond motifs is 1. The molecule has 0 aliphatic carbocycles. The summed E-state index contributed by atoms with van der Waals surface area (Å²) < 4.78 is 16.1. The lowest BCUT2D eigenvalue weighted by atomic mass is 10.3. The van der Waals surface area contributed by atoms with Crippen LogP contribution in [0.2, 0.25) is 0 Å². The molecule has 2 aromatic rings. The van der Waals surface area contributed by atoms with E-state index in [9.17, 15) is 5.11 Å². The summed E-state index contributed by atoms with van der Waals surface area (Å²) in [4.78, 5) is 0. The van der Waals surface area contributed by atoms with E-state index in [0.29, 0.717) is 17.2 Å². The highest BCUT2D eigenvalue weighted by atomic mass is 16.7. The van der Waals surface area contributed by atoms with Crippen molar-refractivity contribution >= 4 is 0 Å². The standard InChI is InChI=1S/C9H6N2O4/c12-9-4-11(10-15-9)6-1-2-7-8(3-6)14-5-13-7/h1-4H,5H2. The zero-order valence-corrected chi connectivity index (χ0v) is 7.54. The number of rotatable bonds is 1. The van der Waals surface area contributed by atoms with Crippen LogP contribution in [0.1, 0.15) is 0 Å². The molecule has 1 aromatic carbocycles. The molecule has 6 heteroatoms. The fourth-order valence-corrected chi connectivity index (χ4v) is 1.38. The highest BCUT2D eigenvalue weighted by molar-refractivity contribution is 5.46. The van der Waals surface area contributed by atoms with E-state index in [1.165, 1.54) is 10.9 Å². The Morgan fingerprint density at radius 1 is 1.27 bits per heavy atom. The van der Waals surface area contributed by atoms with E-state index in [1.54, 1.807) is 18.2 Å². The third-order valence-electron chi connectivity index (χ3n) is 2.07. The molecule has 0 saturated carbocycles. The van der Waals surface area contributed by atoms with Crippen molar-refractivity contribution < 1.29 is 23.8 Å². The van der Waals surface area contributed by atoms with Crippen LogP contribution in [0.25, 0.3) is 5.69 Å². The van der Waals surface area contributed by atoms with Gasteiger partial charge in [-0.2, -0.15) is 0 Å². The molecule has 0 atom stereocenters. The fourth-order valence-electron chi connectivity index (χ4n) is 1.38. The first kappa shape index (κ1) is 8.10. The van der Waals surface area contributed by atoms with Gasteiger partial charge in [-0.25, -0.2) is 0 Å². The molecular weight excluding hydrogens is 200 g/mol. The van der Waals surface area contributed by atoms with Crippen LogP contribution in [-0.4, -0.2) is 12.1 Å². The van der Waals surface area contributed by atoms with Crippen LogP contribution in [0.15, 0.2) is 28.9 Å². The Morgan fingerprint density at radius 2 is 2.13 bits per heavy atom. The molecule has 2 heterocycles. The summed E-state index contributed by atoms with van der Waals surface area (Å²) >= 11 is 0. The summed E-state index contributed by atoms with van der Waals surface area (Å²) in [6.07, 6.45) is 1.25. The Kier molecular flexibility index (Phi) is 1.55. The molecular formula is C9H6N2O4. The van der Waals surface area contributed by atoms with Crippen LogP contribution < -0.4 is 19.3 Å². The maximum absolute atomic E-state index is 10.8. The summed E-state index contributed by atoms with van der Waals surface area (Å²) in [7, 11) is 0. The third-order valence-corrected chi connectivity index (χ3v) is 2.07. The Bertz CT molecular complexity index is 509. The van der Waals surface area contributed by atoms with Gasteiger partial charge in [0, 0.05) is 6.07 Å². The summed E-state index contributed by atoms with van der Waals surface area (Å²) in [5.74, 6) is 0.827. The molecule has 0 radical (unpaired) electrons. The van der Waals surface area contributed by atoms with Crippen molar-refractivity contribution in [2.45, 2.75) is 0 Å². The van der Waals surface area contributed by atoms with Gasteiger partial charge in [0.2, 0.25) is 18.7 Å². The lowest BCUT2D eigenvalue weighted by Crippen LogP contribution is -2.31. The van der Waals surface area contributed by atoms with E-state index < -0.39 is 5.95 Å². The minimum atomic E-state index is -0.493. The third kappa shape index (κ3) is 1.26. The topological polar surface area (TPSA) is 71.4 Å². The second-order valence-corrected chi connectivity index (χ2v) is 3.00. The van der Waals surface area contributed by atoms with Gasteiger partial charge in [-0.15, -0.1) is 0 Å². The van der Waals surface area contributed by atoms with Crippen LogP contribution in [0.3, 0.4) is 0 Å². The molecule has 1 aliphatic rings. The van der Waals surface area contributed by atoms with Crippen molar-refractivity contribution in [1.82, 2.24) is 5.27 Å². The molecule has 0 amide bonds. The molecule has 0 saturated heterocycles. The van der Waals surface area contributed by atoms with Crippen LogP contribution >= 0.6 is 0 Å². The molecule has 1 aromatic heterocycles. The predicted octanol–water partition coefficient (Wildman–Crippen LogP) is -0.246. The first-order chi connectivity index (χ1) is 7.33. The average molecular weight is 206 g/mol. The van der Waals surface area contributed by atoms with E-state index in [1.807, 2.05) is 0 Å². The van der Waals surface area contributed by atoms with Gasteiger partial charge in [0.05, 0.1) is 11.3 Å². The number of hydrogen-bond donors (Lipinski definition) is 0. The predicted molar refractivity (Wildman–Crippen MR) is 43.6 cm³/mol. The van der Waals surface area contributed by atoms with Crippen molar-refractivity contribution in [2.24, 2.45) is 0 Å². The monoisotopic (exact) mass is 206 g/mol. The van der Waals surface area contributed by atoms with Crippen LogP contribution in [-0.2, 0) is 0 Å². The lowest BCUT2D eigenvalue weighted by molar-refractivity contribution is -0.670. The molecule has 3 rings (SSSR count). The lowest BCUT2D eigenvalue weighted by Gasteiger charge is -1.93. The minimum Gasteiger partial charge on any atom is -0.539 e. The van der Waals surface area contributed by atoms with E-state index in [2.05, 4.69) is 9.79 Å². The van der Waals surface area contributed by atoms with Gasteiger partial charge in [0.1, 0.15) is 5.95 Å². The molecule has 0 fully saturated rings. The van der Waals surface area contributed by atoms with Gasteiger partial charge >= 0.3 is 0 Å². The van der Waals surface area contributed by atoms with Crippen molar-refractivity contribution in [3.63, 3.8) is 0 Å². The number of benzene rings is 1. The Balaban J connectivity index is 2.06. The molecule has 1 aliphatic heterocycles. The van der Waals surface area contributed by atoms with Gasteiger partial charge in [0.15, 0.2) is 11.5 Å². The second-order valence-electron chi connectivity index (χ2n) is 3.00. The van der Waals surface area contributed by atoms with Gasteiger partial charge < -0.3 is 19.1 Å². The smallest absolute Gasteiger partial charge is 0.243 e. The highest BCUT2D eigenvalue weighted by Gasteiger charge is 2.18. The number of hydrogen-bond acceptors (Lipinski definition) is 5. The van der Waals surface area contributed by atoms with E-state index in [4.69, 9.17) is 9.47 Å². The zero-order chi connectivity index (χ0) is 10.3. The summed E-state index contributed by atoms with van der Waals surface area (Å²) in [5, 5.41) is 14.3. The fraction of sp³-hybridized carbons (Fsp3) is 0.111. The molecule has 0 bridgehead atoms. The minimum absolute atomic E-state index is 0.217. The Labute approximate surface area is 84.2 Å². The molecule has 76 valence electrons. The normalized spacial score (nSPS) is 13.1. The first-order valence-corrected chi connectivity index (χ1v) is 4.28. The largest absolute Gasteiger partial charge is 0.539 e. The number of nitrogens with zero attached hydrogens (tertiary/aromatic N) is 2. The number of aromatic nitrogens is 2. The summed E-state index contributed by atoms with van der Waals surface area (Å²) in [5.41, 5.74) is 0.685. The molecule has 15 heavy (non-hydrogen) atoms. The van der Waals surface area contributed by atoms with Crippen LogP contribution in [0.4, 0.5) is 0 Å². The summed E-state index contributed by atoms with van der Waals surface area (Å²) in [6, 6.07) is 5.24. The Hall–Kier alpha value is -2.24. The maximum atomic E-state index is 10.8. The Morgan fingerprint density at radius 3 is 2.93 bits per heavy atom. The average Bonchev–Trinajstić information content (AvgIpc) is 2.84. The second kappa shape index (κ2) is 2.88. The highest BCUT2D eigenvalue weighted by Crippen LogP contribution is 2.32. The number of ether oxygens (including phenoxy) is 2. The van der Waals surface area contributed by atoms with Crippen LogP contribution in [0.5, 0.6) is 17.4 Å². The van der Waals surface area contributed by atoms with Gasteiger partial charge in [0.25, 0.3) is 0 Å². The van der Waals surface area contributed by atoms with E-state index in [-0.39, 0.29) is 6.79 Å². The van der Waals surface area contributed by atoms with Gasteiger partial charge in [-0.1, -0.05) is 0 Å². The molecule has 0 N–H and O–H groups in total. The van der Waals surface area contributed by atoms with Crippen molar-refractivity contribution in [2.75, 3.05) is 6.79 Å².